The van der Waals surface area contributed by atoms with Crippen LogP contribution in [0.5, 0.6) is 0 Å². The summed E-state index contributed by atoms with van der Waals surface area (Å²) in [5.74, 6) is -0.814. The summed E-state index contributed by atoms with van der Waals surface area (Å²) in [5, 5.41) is 4.22. The number of carbonyl (C=O) groups is 1. The molecule has 0 spiro atoms. The summed E-state index contributed by atoms with van der Waals surface area (Å²) in [4.78, 5) is 19.8. The highest BCUT2D eigenvalue weighted by atomic mass is 19.1. The molecule has 2 aromatic heterocycles. The molecule has 122 valence electrons. The molecule has 2 heterocycles. The summed E-state index contributed by atoms with van der Waals surface area (Å²) in [7, 11) is 1.26. The Morgan fingerprint density at radius 1 is 1.12 bits per heavy atom. The third-order valence-corrected chi connectivity index (χ3v) is 3.24. The molecule has 24 heavy (non-hydrogen) atoms. The number of pyridine rings is 1. The van der Waals surface area contributed by atoms with Crippen molar-refractivity contribution in [2.75, 3.05) is 7.11 Å². The van der Waals surface area contributed by atoms with E-state index in [1.807, 2.05) is 0 Å². The highest BCUT2D eigenvalue weighted by Crippen LogP contribution is 2.22. The first-order chi connectivity index (χ1) is 11.6. The van der Waals surface area contributed by atoms with Gasteiger partial charge in [0.15, 0.2) is 11.6 Å². The van der Waals surface area contributed by atoms with Gasteiger partial charge in [-0.15, -0.1) is 5.10 Å². The fourth-order valence-electron chi connectivity index (χ4n) is 2.07. The van der Waals surface area contributed by atoms with E-state index < -0.39 is 17.6 Å². The average Bonchev–Trinajstić information content (AvgIpc) is 3.00. The van der Waals surface area contributed by atoms with E-state index in [0.29, 0.717) is 17.1 Å². The van der Waals surface area contributed by atoms with Crippen LogP contribution in [0.1, 0.15) is 0 Å². The standard InChI is InChI=1S/C16H12F2N4O2/c1-24-14(23)9-22-16(10-2-4-11(17)5-3-10)20-15(21-22)13-7-6-12(18)8-19-13/h2-8H,9H2,1H3. The Labute approximate surface area is 135 Å². The van der Waals surface area contributed by atoms with Gasteiger partial charge in [0.25, 0.3) is 0 Å². The summed E-state index contributed by atoms with van der Waals surface area (Å²) in [6, 6.07) is 8.27. The molecule has 0 fully saturated rings. The van der Waals surface area contributed by atoms with Gasteiger partial charge in [-0.1, -0.05) is 0 Å². The van der Waals surface area contributed by atoms with Crippen molar-refractivity contribution in [1.29, 1.82) is 0 Å². The van der Waals surface area contributed by atoms with Gasteiger partial charge in [-0.2, -0.15) is 0 Å². The Hall–Kier alpha value is -3.16. The molecule has 0 radical (unpaired) electrons. The molecule has 0 unspecified atom stereocenters. The highest BCUT2D eigenvalue weighted by Gasteiger charge is 2.17. The summed E-state index contributed by atoms with van der Waals surface area (Å²) in [6.45, 7) is -0.169. The molecule has 6 nitrogen and oxygen atoms in total. The van der Waals surface area contributed by atoms with Gasteiger partial charge in [-0.05, 0) is 36.4 Å². The predicted octanol–water partition coefficient (Wildman–Crippen LogP) is 2.46. The third-order valence-electron chi connectivity index (χ3n) is 3.24. The molecule has 3 aromatic rings. The Kier molecular flexibility index (Phi) is 4.28. The van der Waals surface area contributed by atoms with Crippen LogP contribution in [0.15, 0.2) is 42.6 Å². The van der Waals surface area contributed by atoms with Crippen LogP contribution in [0, 0.1) is 11.6 Å². The van der Waals surface area contributed by atoms with E-state index in [1.165, 1.54) is 48.2 Å². The van der Waals surface area contributed by atoms with Gasteiger partial charge in [-0.25, -0.2) is 23.4 Å². The van der Waals surface area contributed by atoms with Crippen molar-refractivity contribution in [1.82, 2.24) is 19.7 Å². The largest absolute Gasteiger partial charge is 0.468 e. The quantitative estimate of drug-likeness (QED) is 0.687. The molecule has 0 bridgehead atoms. The fourth-order valence-corrected chi connectivity index (χ4v) is 2.07. The zero-order chi connectivity index (χ0) is 17.1. The number of hydrogen-bond acceptors (Lipinski definition) is 5. The maximum absolute atomic E-state index is 13.1. The maximum Gasteiger partial charge on any atom is 0.327 e. The Balaban J connectivity index is 2.06. The molecule has 0 amide bonds. The van der Waals surface area contributed by atoms with Crippen molar-refractivity contribution >= 4 is 5.97 Å². The molecule has 0 saturated heterocycles. The minimum absolute atomic E-state index is 0.169. The molecule has 0 saturated carbocycles. The topological polar surface area (TPSA) is 69.9 Å². The van der Waals surface area contributed by atoms with Gasteiger partial charge < -0.3 is 4.74 Å². The van der Waals surface area contributed by atoms with Gasteiger partial charge in [0.2, 0.25) is 0 Å². The number of aromatic nitrogens is 4. The normalized spacial score (nSPS) is 10.6. The average molecular weight is 330 g/mol. The van der Waals surface area contributed by atoms with Crippen LogP contribution in [0.2, 0.25) is 0 Å². The van der Waals surface area contributed by atoms with Crippen molar-refractivity contribution < 1.29 is 18.3 Å². The van der Waals surface area contributed by atoms with Crippen LogP contribution in [-0.2, 0) is 16.1 Å². The van der Waals surface area contributed by atoms with Crippen LogP contribution in [0.4, 0.5) is 8.78 Å². The first kappa shape index (κ1) is 15.7. The van der Waals surface area contributed by atoms with Crippen LogP contribution in [0.3, 0.4) is 0 Å². The lowest BCUT2D eigenvalue weighted by molar-refractivity contribution is -0.141. The van der Waals surface area contributed by atoms with Gasteiger partial charge in [0.05, 0.1) is 13.3 Å². The first-order valence-electron chi connectivity index (χ1n) is 6.96. The number of rotatable bonds is 4. The maximum atomic E-state index is 13.1. The Bertz CT molecular complexity index is 861. The lowest BCUT2D eigenvalue weighted by Gasteiger charge is -2.04. The summed E-state index contributed by atoms with van der Waals surface area (Å²) in [6.07, 6.45) is 1.05. The van der Waals surface area contributed by atoms with Gasteiger partial charge >= 0.3 is 5.97 Å². The minimum atomic E-state index is -0.512. The second kappa shape index (κ2) is 6.53. The number of esters is 1. The number of benzene rings is 1. The van der Waals surface area contributed by atoms with E-state index in [0.717, 1.165) is 6.20 Å². The number of methoxy groups -OCH3 is 1. The molecular formula is C16H12F2N4O2. The fraction of sp³-hybridized carbons (Fsp3) is 0.125. The van der Waals surface area contributed by atoms with Crippen molar-refractivity contribution in [3.8, 4) is 22.9 Å². The zero-order valence-corrected chi connectivity index (χ0v) is 12.6. The summed E-state index contributed by atoms with van der Waals surface area (Å²) < 4.78 is 32.1. The predicted molar refractivity (Wildman–Crippen MR) is 80.6 cm³/mol. The lowest BCUT2D eigenvalue weighted by Crippen LogP contribution is -2.14. The highest BCUT2D eigenvalue weighted by molar-refractivity contribution is 5.70. The van der Waals surface area contributed by atoms with Crippen molar-refractivity contribution in [2.45, 2.75) is 6.54 Å². The van der Waals surface area contributed by atoms with Crippen molar-refractivity contribution in [2.24, 2.45) is 0 Å². The van der Waals surface area contributed by atoms with E-state index in [1.54, 1.807) is 0 Å². The number of carbonyl (C=O) groups excluding carboxylic acids is 1. The second-order valence-corrected chi connectivity index (χ2v) is 4.86. The monoisotopic (exact) mass is 330 g/mol. The number of halogens is 2. The number of hydrogen-bond donors (Lipinski definition) is 0. The van der Waals surface area contributed by atoms with Gasteiger partial charge in [0.1, 0.15) is 23.9 Å². The van der Waals surface area contributed by atoms with Gasteiger partial charge in [0, 0.05) is 5.56 Å². The molecule has 0 aliphatic carbocycles. The Morgan fingerprint density at radius 3 is 2.46 bits per heavy atom. The number of nitrogens with zero attached hydrogens (tertiary/aromatic N) is 4. The number of ether oxygens (including phenoxy) is 1. The van der Waals surface area contributed by atoms with Crippen molar-refractivity contribution in [3.05, 3.63) is 54.2 Å². The second-order valence-electron chi connectivity index (χ2n) is 4.86. The van der Waals surface area contributed by atoms with Gasteiger partial charge in [-0.3, -0.25) is 4.79 Å². The molecule has 0 N–H and O–H groups in total. The Morgan fingerprint density at radius 2 is 1.83 bits per heavy atom. The minimum Gasteiger partial charge on any atom is -0.468 e. The zero-order valence-electron chi connectivity index (χ0n) is 12.6. The molecule has 3 rings (SSSR count). The van der Waals surface area contributed by atoms with Crippen LogP contribution in [0.25, 0.3) is 22.9 Å². The summed E-state index contributed by atoms with van der Waals surface area (Å²) >= 11 is 0. The van der Waals surface area contributed by atoms with Crippen LogP contribution >= 0.6 is 0 Å². The SMILES string of the molecule is COC(=O)Cn1nc(-c2ccc(F)cn2)nc1-c1ccc(F)cc1. The van der Waals surface area contributed by atoms with E-state index in [2.05, 4.69) is 19.8 Å². The molecule has 0 atom stereocenters. The summed E-state index contributed by atoms with van der Waals surface area (Å²) in [5.41, 5.74) is 0.921. The van der Waals surface area contributed by atoms with E-state index in [4.69, 9.17) is 0 Å². The van der Waals surface area contributed by atoms with E-state index in [-0.39, 0.29) is 12.4 Å². The first-order valence-corrected chi connectivity index (χ1v) is 6.96. The lowest BCUT2D eigenvalue weighted by atomic mass is 10.2. The molecular weight excluding hydrogens is 318 g/mol. The smallest absolute Gasteiger partial charge is 0.327 e. The molecule has 8 heteroatoms. The third kappa shape index (κ3) is 3.27. The van der Waals surface area contributed by atoms with Crippen LogP contribution < -0.4 is 0 Å². The van der Waals surface area contributed by atoms with E-state index in [9.17, 15) is 13.6 Å². The van der Waals surface area contributed by atoms with E-state index >= 15 is 0 Å². The van der Waals surface area contributed by atoms with Crippen LogP contribution in [-0.4, -0.2) is 32.8 Å². The molecule has 1 aromatic carbocycles. The van der Waals surface area contributed by atoms with Crippen molar-refractivity contribution in [3.63, 3.8) is 0 Å². The molecule has 0 aliphatic rings. The molecule has 0 aliphatic heterocycles.